The van der Waals surface area contributed by atoms with Crippen LogP contribution in [-0.4, -0.2) is 13.2 Å². The van der Waals surface area contributed by atoms with Crippen molar-refractivity contribution in [1.82, 2.24) is 0 Å². The lowest BCUT2D eigenvalue weighted by molar-refractivity contribution is 0.171. The van der Waals surface area contributed by atoms with E-state index in [0.29, 0.717) is 13.2 Å². The van der Waals surface area contributed by atoms with Gasteiger partial charge in [0.25, 0.3) is 0 Å². The van der Waals surface area contributed by atoms with Crippen molar-refractivity contribution in [2.75, 3.05) is 18.5 Å². The van der Waals surface area contributed by atoms with Gasteiger partial charge in [0, 0.05) is 17.3 Å². The predicted octanol–water partition coefficient (Wildman–Crippen LogP) is 4.03. The summed E-state index contributed by atoms with van der Waals surface area (Å²) in [5, 5.41) is 4.17. The van der Waals surface area contributed by atoms with E-state index in [0.717, 1.165) is 39.9 Å². The van der Waals surface area contributed by atoms with Gasteiger partial charge in [-0.2, -0.15) is 0 Å². The fraction of sp³-hybridized carbons (Fsp3) is 0.250. The average molecular weight is 290 g/mol. The van der Waals surface area contributed by atoms with Gasteiger partial charge in [0.15, 0.2) is 11.5 Å². The quantitative estimate of drug-likeness (QED) is 0.925. The van der Waals surface area contributed by atoms with Crippen LogP contribution in [0.1, 0.15) is 11.1 Å². The van der Waals surface area contributed by atoms with Crippen molar-refractivity contribution in [3.63, 3.8) is 0 Å². The zero-order valence-corrected chi connectivity index (χ0v) is 12.0. The molecule has 2 aromatic carbocycles. The summed E-state index contributed by atoms with van der Waals surface area (Å²) < 4.78 is 11.1. The van der Waals surface area contributed by atoms with E-state index in [4.69, 9.17) is 21.1 Å². The molecule has 20 heavy (non-hydrogen) atoms. The standard InChI is InChI=1S/C16H16ClNO2/c1-11-8-13(17)3-4-14(11)18-10-12-2-5-15-16(9-12)20-7-6-19-15/h2-5,8-9,18H,6-7,10H2,1H3. The van der Waals surface area contributed by atoms with Crippen LogP contribution in [-0.2, 0) is 6.54 Å². The van der Waals surface area contributed by atoms with Crippen molar-refractivity contribution in [1.29, 1.82) is 0 Å². The fourth-order valence-electron chi connectivity index (χ4n) is 2.22. The van der Waals surface area contributed by atoms with Gasteiger partial charge in [-0.25, -0.2) is 0 Å². The third kappa shape index (κ3) is 2.83. The molecule has 4 heteroatoms. The van der Waals surface area contributed by atoms with Gasteiger partial charge in [0.05, 0.1) is 0 Å². The van der Waals surface area contributed by atoms with Crippen molar-refractivity contribution in [3.8, 4) is 11.5 Å². The molecular formula is C16H16ClNO2. The Morgan fingerprint density at radius 2 is 1.85 bits per heavy atom. The van der Waals surface area contributed by atoms with Gasteiger partial charge < -0.3 is 14.8 Å². The van der Waals surface area contributed by atoms with Gasteiger partial charge >= 0.3 is 0 Å². The van der Waals surface area contributed by atoms with Gasteiger partial charge in [-0.3, -0.25) is 0 Å². The Morgan fingerprint density at radius 1 is 1.05 bits per heavy atom. The molecule has 0 saturated carbocycles. The summed E-state index contributed by atoms with van der Waals surface area (Å²) in [5.74, 6) is 1.64. The maximum Gasteiger partial charge on any atom is 0.161 e. The summed E-state index contributed by atoms with van der Waals surface area (Å²) in [7, 11) is 0. The number of fused-ring (bicyclic) bond motifs is 1. The number of rotatable bonds is 3. The third-order valence-corrected chi connectivity index (χ3v) is 3.51. The molecule has 0 atom stereocenters. The van der Waals surface area contributed by atoms with Gasteiger partial charge in [-0.1, -0.05) is 17.7 Å². The van der Waals surface area contributed by atoms with Gasteiger partial charge in [-0.05, 0) is 48.4 Å². The molecule has 0 spiro atoms. The fourth-order valence-corrected chi connectivity index (χ4v) is 2.45. The summed E-state index contributed by atoms with van der Waals surface area (Å²) in [5.41, 5.74) is 3.38. The van der Waals surface area contributed by atoms with Crippen LogP contribution in [0.15, 0.2) is 36.4 Å². The molecule has 3 nitrogen and oxygen atoms in total. The monoisotopic (exact) mass is 289 g/mol. The molecule has 0 amide bonds. The summed E-state index contributed by atoms with van der Waals surface area (Å²) in [6.07, 6.45) is 0. The summed E-state index contributed by atoms with van der Waals surface area (Å²) in [4.78, 5) is 0. The van der Waals surface area contributed by atoms with Crippen LogP contribution >= 0.6 is 11.6 Å². The van der Waals surface area contributed by atoms with Gasteiger partial charge in [-0.15, -0.1) is 0 Å². The molecule has 0 bridgehead atoms. The topological polar surface area (TPSA) is 30.5 Å². The minimum absolute atomic E-state index is 0.611. The van der Waals surface area contributed by atoms with Crippen molar-refractivity contribution < 1.29 is 9.47 Å². The second kappa shape index (κ2) is 5.63. The van der Waals surface area contributed by atoms with Crippen LogP contribution in [0.25, 0.3) is 0 Å². The number of hydrogen-bond acceptors (Lipinski definition) is 3. The zero-order chi connectivity index (χ0) is 13.9. The molecule has 1 heterocycles. The normalized spacial score (nSPS) is 13.1. The van der Waals surface area contributed by atoms with E-state index < -0.39 is 0 Å². The molecule has 0 radical (unpaired) electrons. The molecule has 0 unspecified atom stereocenters. The van der Waals surface area contributed by atoms with Gasteiger partial charge in [0.2, 0.25) is 0 Å². The number of hydrogen-bond donors (Lipinski definition) is 1. The smallest absolute Gasteiger partial charge is 0.161 e. The summed E-state index contributed by atoms with van der Waals surface area (Å²) in [6, 6.07) is 11.9. The van der Waals surface area contributed by atoms with E-state index in [-0.39, 0.29) is 0 Å². The van der Waals surface area contributed by atoms with E-state index >= 15 is 0 Å². The lowest BCUT2D eigenvalue weighted by Crippen LogP contribution is -2.15. The first kappa shape index (κ1) is 13.1. The Bertz CT molecular complexity index is 628. The lowest BCUT2D eigenvalue weighted by atomic mass is 10.1. The highest BCUT2D eigenvalue weighted by molar-refractivity contribution is 6.30. The summed E-state index contributed by atoms with van der Waals surface area (Å²) >= 11 is 5.96. The van der Waals surface area contributed by atoms with E-state index in [1.54, 1.807) is 0 Å². The van der Waals surface area contributed by atoms with Crippen LogP contribution in [0.2, 0.25) is 5.02 Å². The molecule has 1 N–H and O–H groups in total. The first-order chi connectivity index (χ1) is 9.72. The van der Waals surface area contributed by atoms with Crippen molar-refractivity contribution in [3.05, 3.63) is 52.5 Å². The highest BCUT2D eigenvalue weighted by Gasteiger charge is 2.11. The molecule has 1 aliphatic rings. The van der Waals surface area contributed by atoms with E-state index in [1.807, 2.05) is 43.3 Å². The van der Waals surface area contributed by atoms with Crippen LogP contribution in [0, 0.1) is 6.92 Å². The molecule has 0 saturated heterocycles. The molecule has 2 aromatic rings. The molecular weight excluding hydrogens is 274 g/mol. The number of halogens is 1. The molecule has 3 rings (SSSR count). The van der Waals surface area contributed by atoms with Crippen LogP contribution in [0.5, 0.6) is 11.5 Å². The SMILES string of the molecule is Cc1cc(Cl)ccc1NCc1ccc2c(c1)OCCO2. The van der Waals surface area contributed by atoms with E-state index in [1.165, 1.54) is 0 Å². The first-order valence-corrected chi connectivity index (χ1v) is 6.99. The number of benzene rings is 2. The zero-order valence-electron chi connectivity index (χ0n) is 11.3. The molecule has 1 aliphatic heterocycles. The van der Waals surface area contributed by atoms with Crippen molar-refractivity contribution in [2.45, 2.75) is 13.5 Å². The predicted molar refractivity (Wildman–Crippen MR) is 80.9 cm³/mol. The number of nitrogens with one attached hydrogen (secondary N) is 1. The summed E-state index contributed by atoms with van der Waals surface area (Å²) in [6.45, 7) is 4.01. The Labute approximate surface area is 123 Å². The Hall–Kier alpha value is -1.87. The largest absolute Gasteiger partial charge is 0.486 e. The van der Waals surface area contributed by atoms with Crippen LogP contribution < -0.4 is 14.8 Å². The third-order valence-electron chi connectivity index (χ3n) is 3.28. The first-order valence-electron chi connectivity index (χ1n) is 6.61. The maximum absolute atomic E-state index is 5.96. The van der Waals surface area contributed by atoms with Gasteiger partial charge in [0.1, 0.15) is 13.2 Å². The second-order valence-corrected chi connectivity index (χ2v) is 5.23. The Kier molecular flexibility index (Phi) is 3.70. The number of anilines is 1. The highest BCUT2D eigenvalue weighted by Crippen LogP contribution is 2.31. The minimum atomic E-state index is 0.611. The van der Waals surface area contributed by atoms with Crippen molar-refractivity contribution in [2.24, 2.45) is 0 Å². The highest BCUT2D eigenvalue weighted by atomic mass is 35.5. The number of aryl methyl sites for hydroxylation is 1. The van der Waals surface area contributed by atoms with E-state index in [2.05, 4.69) is 5.32 Å². The molecule has 104 valence electrons. The Balaban J connectivity index is 1.72. The van der Waals surface area contributed by atoms with Crippen molar-refractivity contribution >= 4 is 17.3 Å². The average Bonchev–Trinajstić information content (AvgIpc) is 2.46. The van der Waals surface area contributed by atoms with Crippen LogP contribution in [0.4, 0.5) is 5.69 Å². The Morgan fingerprint density at radius 3 is 2.65 bits per heavy atom. The number of ether oxygens (including phenoxy) is 2. The van der Waals surface area contributed by atoms with E-state index in [9.17, 15) is 0 Å². The lowest BCUT2D eigenvalue weighted by Gasteiger charge is -2.19. The van der Waals surface area contributed by atoms with Crippen LogP contribution in [0.3, 0.4) is 0 Å². The maximum atomic E-state index is 5.96. The minimum Gasteiger partial charge on any atom is -0.486 e. The second-order valence-electron chi connectivity index (χ2n) is 4.79. The molecule has 0 fully saturated rings. The molecule has 0 aliphatic carbocycles. The molecule has 0 aromatic heterocycles.